The fraction of sp³-hybridized carbons (Fsp3) is 0.500. The van der Waals surface area contributed by atoms with Gasteiger partial charge in [0.25, 0.3) is 0 Å². The molecule has 1 N–H and O–H groups in total. The summed E-state index contributed by atoms with van der Waals surface area (Å²) in [4.78, 5) is 31.0. The van der Waals surface area contributed by atoms with Gasteiger partial charge in [0, 0.05) is 0 Å². The van der Waals surface area contributed by atoms with Crippen molar-refractivity contribution >= 4 is 34.9 Å². The van der Waals surface area contributed by atoms with Gasteiger partial charge in [0.15, 0.2) is 34.8 Å². The number of hydrogen-bond acceptors (Lipinski definition) is 3. The summed E-state index contributed by atoms with van der Waals surface area (Å²) in [5.41, 5.74) is 0. The number of carboxylic acid groups (broad SMARTS) is 1. The summed E-state index contributed by atoms with van der Waals surface area (Å²) >= 11 is 0. The van der Waals surface area contributed by atoms with E-state index in [2.05, 4.69) is 0 Å². The van der Waals surface area contributed by atoms with Crippen molar-refractivity contribution in [1.82, 2.24) is 0 Å². The molecular weight excluding hydrogens is 163 g/mol. The number of aliphatic carboxylic acids is 1. The van der Waals surface area contributed by atoms with Gasteiger partial charge in [0.1, 0.15) is 0 Å². The third-order valence-electron chi connectivity index (χ3n) is 1.06. The Kier molecular flexibility index (Phi) is 5.96. The predicted molar refractivity (Wildman–Crippen MR) is 42.4 cm³/mol. The standard InChI is InChI=1S/C6H8O4.Al.3H/c1-3(7)5(4(2)8)6(9)10;;;;/h5H,1-2H3,(H,9,10);;;;. The predicted octanol–water partition coefficient (Wildman–Crippen LogP) is -1.32. The van der Waals surface area contributed by atoms with Crippen LogP contribution in [0.2, 0.25) is 0 Å². The van der Waals surface area contributed by atoms with E-state index in [-0.39, 0.29) is 17.4 Å². The van der Waals surface area contributed by atoms with E-state index in [0.29, 0.717) is 0 Å². The maximum Gasteiger partial charge on any atom is 0.321 e. The summed E-state index contributed by atoms with van der Waals surface area (Å²) in [6.45, 7) is 2.17. The van der Waals surface area contributed by atoms with Crippen molar-refractivity contribution in [3.8, 4) is 0 Å². The number of rotatable bonds is 3. The molecule has 0 aliphatic rings. The smallest absolute Gasteiger partial charge is 0.321 e. The lowest BCUT2D eigenvalue weighted by Crippen LogP contribution is -2.27. The molecule has 0 aromatic rings. The quantitative estimate of drug-likeness (QED) is 0.425. The van der Waals surface area contributed by atoms with Crippen molar-refractivity contribution in [2.45, 2.75) is 13.8 Å². The molecule has 0 amide bonds. The lowest BCUT2D eigenvalue weighted by atomic mass is 10.0. The molecule has 0 saturated carbocycles. The van der Waals surface area contributed by atoms with Crippen molar-refractivity contribution in [3.05, 3.63) is 0 Å². The number of carbonyl (C=O) groups excluding carboxylic acids is 2. The Labute approximate surface area is 74.7 Å². The van der Waals surface area contributed by atoms with E-state index < -0.39 is 23.5 Å². The van der Waals surface area contributed by atoms with Crippen LogP contribution in [0, 0.1) is 5.92 Å². The van der Waals surface area contributed by atoms with E-state index >= 15 is 0 Å². The van der Waals surface area contributed by atoms with Gasteiger partial charge in [-0.2, -0.15) is 0 Å². The third kappa shape index (κ3) is 3.91. The molecule has 0 aliphatic carbocycles. The van der Waals surface area contributed by atoms with Gasteiger partial charge in [-0.05, 0) is 13.8 Å². The van der Waals surface area contributed by atoms with Crippen molar-refractivity contribution < 1.29 is 19.5 Å². The molecule has 0 bridgehead atoms. The summed E-state index contributed by atoms with van der Waals surface area (Å²) in [5, 5.41) is 8.27. The molecule has 0 aromatic carbocycles. The van der Waals surface area contributed by atoms with Crippen molar-refractivity contribution in [2.24, 2.45) is 5.92 Å². The van der Waals surface area contributed by atoms with Gasteiger partial charge in [-0.1, -0.05) is 0 Å². The molecule has 0 radical (unpaired) electrons. The first-order valence-electron chi connectivity index (χ1n) is 2.70. The molecule has 0 aromatic heterocycles. The second-order valence-corrected chi connectivity index (χ2v) is 1.99. The minimum absolute atomic E-state index is 0. The van der Waals surface area contributed by atoms with Crippen LogP contribution < -0.4 is 0 Å². The van der Waals surface area contributed by atoms with E-state index in [1.807, 2.05) is 0 Å². The highest BCUT2D eigenvalue weighted by atomic mass is 27.0. The lowest BCUT2D eigenvalue weighted by Gasteiger charge is -2.01. The normalized spacial score (nSPS) is 8.64. The van der Waals surface area contributed by atoms with Crippen LogP contribution in [0.3, 0.4) is 0 Å². The average Bonchev–Trinajstić information content (AvgIpc) is 1.59. The minimum Gasteiger partial charge on any atom is -0.480 e. The van der Waals surface area contributed by atoms with E-state index in [9.17, 15) is 14.4 Å². The van der Waals surface area contributed by atoms with Crippen molar-refractivity contribution in [1.29, 1.82) is 0 Å². The Morgan fingerprint density at radius 2 is 1.36 bits per heavy atom. The lowest BCUT2D eigenvalue weighted by molar-refractivity contribution is -0.149. The molecule has 62 valence electrons. The van der Waals surface area contributed by atoms with Crippen LogP contribution >= 0.6 is 0 Å². The zero-order valence-corrected chi connectivity index (χ0v) is 5.75. The average molecular weight is 174 g/mol. The van der Waals surface area contributed by atoms with E-state index in [4.69, 9.17) is 5.11 Å². The second-order valence-electron chi connectivity index (χ2n) is 1.99. The summed E-state index contributed by atoms with van der Waals surface area (Å²) in [5.74, 6) is -4.10. The summed E-state index contributed by atoms with van der Waals surface area (Å²) in [6, 6.07) is 0. The number of carbonyl (C=O) groups is 3. The highest BCUT2D eigenvalue weighted by molar-refractivity contribution is 6.15. The zero-order valence-electron chi connectivity index (χ0n) is 5.75. The van der Waals surface area contributed by atoms with Gasteiger partial charge >= 0.3 is 5.97 Å². The van der Waals surface area contributed by atoms with Gasteiger partial charge in [0.2, 0.25) is 0 Å². The first-order chi connectivity index (χ1) is 4.46. The Balaban J connectivity index is 0. The zero-order chi connectivity index (χ0) is 8.31. The fourth-order valence-corrected chi connectivity index (χ4v) is 0.634. The fourth-order valence-electron chi connectivity index (χ4n) is 0.634. The van der Waals surface area contributed by atoms with Crippen LogP contribution in [-0.4, -0.2) is 40.0 Å². The SMILES string of the molecule is CC(=O)C(C(C)=O)C(=O)O.[AlH3]. The molecule has 0 aliphatic heterocycles. The molecule has 0 rings (SSSR count). The van der Waals surface area contributed by atoms with Gasteiger partial charge in [-0.3, -0.25) is 14.4 Å². The van der Waals surface area contributed by atoms with E-state index in [1.165, 1.54) is 0 Å². The Morgan fingerprint density at radius 1 is 1.09 bits per heavy atom. The summed E-state index contributed by atoms with van der Waals surface area (Å²) in [6.07, 6.45) is 0. The van der Waals surface area contributed by atoms with Crippen molar-refractivity contribution in [2.75, 3.05) is 0 Å². The molecule has 0 unspecified atom stereocenters. The highest BCUT2D eigenvalue weighted by Crippen LogP contribution is 1.99. The topological polar surface area (TPSA) is 71.4 Å². The first-order valence-corrected chi connectivity index (χ1v) is 2.70. The third-order valence-corrected chi connectivity index (χ3v) is 1.06. The van der Waals surface area contributed by atoms with Crippen molar-refractivity contribution in [3.63, 3.8) is 0 Å². The molecule has 4 nitrogen and oxygen atoms in total. The molecule has 0 atom stereocenters. The summed E-state index contributed by atoms with van der Waals surface area (Å²) < 4.78 is 0. The van der Waals surface area contributed by atoms with Gasteiger partial charge in [-0.15, -0.1) is 0 Å². The Hall–Kier alpha value is -0.658. The molecule has 5 heteroatoms. The Morgan fingerprint density at radius 3 is 1.36 bits per heavy atom. The van der Waals surface area contributed by atoms with Gasteiger partial charge in [0.05, 0.1) is 0 Å². The largest absolute Gasteiger partial charge is 0.480 e. The second kappa shape index (κ2) is 5.05. The van der Waals surface area contributed by atoms with Crippen LogP contribution in [0.5, 0.6) is 0 Å². The number of hydrogen-bond donors (Lipinski definition) is 1. The van der Waals surface area contributed by atoms with Crippen LogP contribution in [0.4, 0.5) is 0 Å². The molecule has 0 saturated heterocycles. The monoisotopic (exact) mass is 174 g/mol. The van der Waals surface area contributed by atoms with Gasteiger partial charge < -0.3 is 5.11 Å². The molecule has 0 fully saturated rings. The number of carboxylic acids is 1. The molecule has 0 heterocycles. The van der Waals surface area contributed by atoms with Gasteiger partial charge in [-0.25, -0.2) is 0 Å². The molecule has 0 spiro atoms. The maximum atomic E-state index is 10.4. The number of ketones is 2. The van der Waals surface area contributed by atoms with Crippen LogP contribution in [0.25, 0.3) is 0 Å². The van der Waals surface area contributed by atoms with E-state index in [0.717, 1.165) is 13.8 Å². The van der Waals surface area contributed by atoms with Crippen LogP contribution in [0.15, 0.2) is 0 Å². The summed E-state index contributed by atoms with van der Waals surface area (Å²) in [7, 11) is 0. The highest BCUT2D eigenvalue weighted by Gasteiger charge is 2.26. The molecule has 11 heavy (non-hydrogen) atoms. The first kappa shape index (κ1) is 13.0. The van der Waals surface area contributed by atoms with Crippen LogP contribution in [-0.2, 0) is 14.4 Å². The van der Waals surface area contributed by atoms with Crippen LogP contribution in [0.1, 0.15) is 13.8 Å². The van der Waals surface area contributed by atoms with E-state index in [1.54, 1.807) is 0 Å². The Bertz CT molecular complexity index is 154. The minimum atomic E-state index is -1.47. The molecular formula is C6H11AlO4. The number of Topliss-reactive ketones (excluding diaryl/α,β-unsaturated/α-hetero) is 2. The maximum absolute atomic E-state index is 10.4.